The number of rotatable bonds is 11. The summed E-state index contributed by atoms with van der Waals surface area (Å²) in [4.78, 5) is 20.2. The van der Waals surface area contributed by atoms with Gasteiger partial charge in [0.05, 0.1) is 6.61 Å². The molecule has 4 atom stereocenters. The molecular formula is C44H56ClN3O6. The zero-order chi connectivity index (χ0) is 37.5. The van der Waals surface area contributed by atoms with E-state index in [0.29, 0.717) is 54.9 Å². The molecule has 9 nitrogen and oxygen atoms in total. The maximum atomic E-state index is 13.1. The Balaban J connectivity index is 1.04. The summed E-state index contributed by atoms with van der Waals surface area (Å²) in [7, 11) is 2.18. The number of nitrogens with one attached hydrogen (secondary N) is 1. The van der Waals surface area contributed by atoms with E-state index in [2.05, 4.69) is 48.2 Å². The van der Waals surface area contributed by atoms with Crippen molar-refractivity contribution >= 4 is 23.3 Å². The van der Waals surface area contributed by atoms with Crippen molar-refractivity contribution in [3.05, 3.63) is 76.1 Å². The van der Waals surface area contributed by atoms with Crippen LogP contribution in [0.2, 0.25) is 5.02 Å². The number of likely N-dealkylation sites (N-methyl/N-ethyl adjacent to an activating group) is 1. The molecule has 10 heteroatoms. The first-order chi connectivity index (χ1) is 26.1. The van der Waals surface area contributed by atoms with Crippen LogP contribution in [0.15, 0.2) is 48.7 Å². The van der Waals surface area contributed by atoms with Crippen molar-refractivity contribution < 1.29 is 28.8 Å². The Morgan fingerprint density at radius 2 is 1.93 bits per heavy atom. The Morgan fingerprint density at radius 3 is 2.70 bits per heavy atom. The molecule has 0 radical (unpaired) electrons. The highest BCUT2D eigenvalue weighted by Gasteiger charge is 2.54. The van der Waals surface area contributed by atoms with Crippen LogP contribution in [-0.2, 0) is 27.8 Å². The van der Waals surface area contributed by atoms with Gasteiger partial charge >= 0.3 is 5.97 Å². The number of aromatic nitrogens is 1. The molecule has 1 saturated heterocycles. The first-order valence-electron chi connectivity index (χ1n) is 20.2. The van der Waals surface area contributed by atoms with Crippen LogP contribution in [0.5, 0.6) is 17.2 Å². The number of hydrogen-bond acceptors (Lipinski definition) is 8. The number of carboxylic acid groups (broad SMARTS) is 1. The van der Waals surface area contributed by atoms with E-state index < -0.39 is 11.5 Å². The molecule has 8 rings (SSSR count). The highest BCUT2D eigenvalue weighted by Crippen LogP contribution is 2.58. The number of hydrogen-bond donors (Lipinski definition) is 2. The molecule has 54 heavy (non-hydrogen) atoms. The van der Waals surface area contributed by atoms with Crippen molar-refractivity contribution in [2.24, 2.45) is 11.8 Å². The number of halogens is 1. The molecule has 290 valence electrons. The molecule has 2 N–H and O–H groups in total. The van der Waals surface area contributed by atoms with Crippen molar-refractivity contribution in [1.82, 2.24) is 9.88 Å². The maximum Gasteiger partial charge on any atom is 0.329 e. The molecule has 5 aliphatic rings. The van der Waals surface area contributed by atoms with Crippen molar-refractivity contribution in [1.29, 1.82) is 0 Å². The van der Waals surface area contributed by atoms with Crippen LogP contribution in [0.1, 0.15) is 99.9 Å². The number of ether oxygens (including phenoxy) is 4. The minimum absolute atomic E-state index is 0.0664. The lowest BCUT2D eigenvalue weighted by Gasteiger charge is -2.47. The van der Waals surface area contributed by atoms with E-state index in [1.807, 2.05) is 36.5 Å². The number of anilines is 1. The van der Waals surface area contributed by atoms with Crippen LogP contribution in [0.3, 0.4) is 0 Å². The molecule has 3 heterocycles. The SMILES string of the molecule is C[C@@H](COc1ccnc2c1[C@H](C)CCC2)C[C@H]1Cc2cc3c(cc2C12CCC(Nc1cccc(Cl)c1)(C(=O)O)CC2)O[C@H](CN(C)C1CCOCC1)CO3. The Bertz CT molecular complexity index is 1820. The zero-order valence-electron chi connectivity index (χ0n) is 32.1. The summed E-state index contributed by atoms with van der Waals surface area (Å²) in [6.07, 6.45) is 11.7. The fourth-order valence-corrected chi connectivity index (χ4v) is 10.6. The molecule has 0 amide bonds. The van der Waals surface area contributed by atoms with Gasteiger partial charge in [0.2, 0.25) is 0 Å². The summed E-state index contributed by atoms with van der Waals surface area (Å²) in [6, 6.07) is 14.4. The molecule has 0 unspecified atom stereocenters. The van der Waals surface area contributed by atoms with E-state index in [1.165, 1.54) is 35.2 Å². The number of nitrogens with zero attached hydrogens (tertiary/aromatic N) is 2. The first kappa shape index (κ1) is 37.4. The van der Waals surface area contributed by atoms with E-state index in [4.69, 9.17) is 30.5 Å². The summed E-state index contributed by atoms with van der Waals surface area (Å²) >= 11 is 6.32. The van der Waals surface area contributed by atoms with E-state index in [9.17, 15) is 9.90 Å². The van der Waals surface area contributed by atoms with Crippen LogP contribution < -0.4 is 19.5 Å². The Morgan fingerprint density at radius 1 is 1.11 bits per heavy atom. The van der Waals surface area contributed by atoms with Gasteiger partial charge in [-0.25, -0.2) is 4.79 Å². The fourth-order valence-electron chi connectivity index (χ4n) is 10.4. The number of pyridine rings is 1. The molecule has 1 saturated carbocycles. The summed E-state index contributed by atoms with van der Waals surface area (Å²) in [5.41, 5.74) is 4.55. The Kier molecular flexibility index (Phi) is 10.8. The van der Waals surface area contributed by atoms with E-state index >= 15 is 0 Å². The monoisotopic (exact) mass is 757 g/mol. The molecule has 2 aromatic carbocycles. The van der Waals surface area contributed by atoms with Gasteiger partial charge in [0.1, 0.15) is 24.0 Å². The third-order valence-electron chi connectivity index (χ3n) is 13.4. The number of carbonyl (C=O) groups is 1. The Hall–Kier alpha value is -3.53. The minimum Gasteiger partial charge on any atom is -0.493 e. The van der Waals surface area contributed by atoms with Gasteiger partial charge in [0, 0.05) is 54.0 Å². The summed E-state index contributed by atoms with van der Waals surface area (Å²) in [6.45, 7) is 8.16. The largest absolute Gasteiger partial charge is 0.493 e. The van der Waals surface area contributed by atoms with E-state index in [-0.39, 0.29) is 11.5 Å². The quantitative estimate of drug-likeness (QED) is 0.200. The molecule has 2 aliphatic heterocycles. The van der Waals surface area contributed by atoms with Crippen molar-refractivity contribution in [2.75, 3.05) is 45.3 Å². The van der Waals surface area contributed by atoms with Gasteiger partial charge in [-0.15, -0.1) is 0 Å². The van der Waals surface area contributed by atoms with Gasteiger partial charge in [0.25, 0.3) is 0 Å². The second kappa shape index (κ2) is 15.5. The van der Waals surface area contributed by atoms with Crippen LogP contribution in [0, 0.1) is 11.8 Å². The lowest BCUT2D eigenvalue weighted by molar-refractivity contribution is -0.144. The molecule has 1 aromatic heterocycles. The van der Waals surface area contributed by atoms with Crippen LogP contribution in [-0.4, -0.2) is 78.7 Å². The van der Waals surface area contributed by atoms with Crippen molar-refractivity contribution in [3.8, 4) is 17.2 Å². The lowest BCUT2D eigenvalue weighted by atomic mass is 9.59. The van der Waals surface area contributed by atoms with Crippen molar-refractivity contribution in [3.63, 3.8) is 0 Å². The number of aliphatic carboxylic acids is 1. The van der Waals surface area contributed by atoms with Gasteiger partial charge in [-0.1, -0.05) is 31.5 Å². The normalized spacial score (nSPS) is 28.4. The minimum atomic E-state index is -1.08. The highest BCUT2D eigenvalue weighted by molar-refractivity contribution is 6.30. The van der Waals surface area contributed by atoms with Gasteiger partial charge in [-0.3, -0.25) is 9.88 Å². The zero-order valence-corrected chi connectivity index (χ0v) is 32.8. The first-order valence-corrected chi connectivity index (χ1v) is 20.6. The molecule has 3 aromatic rings. The summed E-state index contributed by atoms with van der Waals surface area (Å²) in [5, 5.41) is 14.7. The molecule has 1 spiro atoms. The smallest absolute Gasteiger partial charge is 0.329 e. The Labute approximate surface area is 325 Å². The standard InChI is InChI=1S/C44H56ClN3O6/c1-28(26-52-38-10-17-46-37-9-4-6-29(2)41(37)38)20-31-21-30-22-39-40(54-35(27-53-39)25-48(3)34-11-18-51-19-12-34)24-36(30)43(31)13-15-44(16-14-43,42(49)50)47-33-8-5-7-32(45)23-33/h5,7-8,10,17,22-24,28-29,31,34-35,47H,4,6,9,11-16,18-21,25-27H2,1-3H3,(H,49,50)/t28-,29-,31+,35-,43?,44?/m1/s1. The average molecular weight is 758 g/mol. The topological polar surface area (TPSA) is 102 Å². The number of carboxylic acids is 1. The third-order valence-corrected chi connectivity index (χ3v) is 13.6. The predicted molar refractivity (Wildman–Crippen MR) is 210 cm³/mol. The third kappa shape index (κ3) is 7.40. The lowest BCUT2D eigenvalue weighted by Crippen LogP contribution is -2.53. The van der Waals surface area contributed by atoms with Crippen LogP contribution >= 0.6 is 11.6 Å². The van der Waals surface area contributed by atoms with Gasteiger partial charge in [0.15, 0.2) is 11.5 Å². The average Bonchev–Trinajstić information content (AvgIpc) is 3.44. The van der Waals surface area contributed by atoms with Gasteiger partial charge in [-0.05, 0) is 148 Å². The number of fused-ring (bicyclic) bond motifs is 4. The van der Waals surface area contributed by atoms with E-state index in [0.717, 1.165) is 87.6 Å². The number of aryl methyl sites for hydroxylation is 1. The van der Waals surface area contributed by atoms with Gasteiger partial charge < -0.3 is 29.4 Å². The van der Waals surface area contributed by atoms with E-state index in [1.54, 1.807) is 0 Å². The van der Waals surface area contributed by atoms with Crippen LogP contribution in [0.4, 0.5) is 5.69 Å². The second-order valence-electron chi connectivity index (χ2n) is 17.0. The highest BCUT2D eigenvalue weighted by atomic mass is 35.5. The predicted octanol–water partition coefficient (Wildman–Crippen LogP) is 8.45. The molecule has 3 aliphatic carbocycles. The fraction of sp³-hybridized carbons (Fsp3) is 0.591. The second-order valence-corrected chi connectivity index (χ2v) is 17.4. The van der Waals surface area contributed by atoms with Crippen molar-refractivity contribution in [2.45, 2.75) is 113 Å². The van der Waals surface area contributed by atoms with Gasteiger partial charge in [-0.2, -0.15) is 0 Å². The molecular weight excluding hydrogens is 702 g/mol. The summed E-state index contributed by atoms with van der Waals surface area (Å²) < 4.78 is 25.4. The maximum absolute atomic E-state index is 13.1. The van der Waals surface area contributed by atoms with Crippen LogP contribution in [0.25, 0.3) is 0 Å². The number of benzene rings is 2. The molecule has 0 bridgehead atoms. The summed E-state index contributed by atoms with van der Waals surface area (Å²) in [5.74, 6) is 2.88. The molecule has 2 fully saturated rings.